The molecule has 6 aromatic rings. The standard InChI is InChI=1S/C33H38N4O6.C22H24ClFN4O3/c1-3-22-23-16-21(43-32(40)36-14-10-20(11-15-36)35-12-6-5-7-13-35)8-9-27(23)34-29-24(22)18-37-28(29)17-26-25(30(37)38)19-42-31(39)33(26,41)4-2;1-29-20-13-19-16(12-21(20)31-8-2-5-28-6-9-30-10-7-28)22(26-14-25-19)27-15-3-4-18(24)17(23)11-15/h8-9,16-17,20,41H,3-7,10-15,18-19H2,1-2H3;3-4,11-14H,2,5-10H2,1H3,(H,25,26,27)/t33-;/m0./s1. The van der Waals surface area contributed by atoms with Gasteiger partial charge in [-0.25, -0.2) is 28.9 Å². The quantitative estimate of drug-likeness (QED) is 0.0879. The smallest absolute Gasteiger partial charge is 0.415 e. The number of anilines is 2. The van der Waals surface area contributed by atoms with Crippen LogP contribution in [0.25, 0.3) is 33.2 Å². The lowest BCUT2D eigenvalue weighted by atomic mass is 9.86. The summed E-state index contributed by atoms with van der Waals surface area (Å²) in [5, 5.41) is 16.0. The van der Waals surface area contributed by atoms with Crippen molar-refractivity contribution in [1.82, 2.24) is 34.2 Å². The molecule has 0 saturated carbocycles. The molecule has 3 saturated heterocycles. The number of rotatable bonds is 12. The van der Waals surface area contributed by atoms with Crippen LogP contribution in [0.4, 0.5) is 20.7 Å². The zero-order valence-corrected chi connectivity index (χ0v) is 42.8. The number of aliphatic hydroxyl groups is 1. The van der Waals surface area contributed by atoms with E-state index in [0.29, 0.717) is 95.5 Å². The highest BCUT2D eigenvalue weighted by atomic mass is 35.5. The van der Waals surface area contributed by atoms with Gasteiger partial charge in [0.05, 0.1) is 66.5 Å². The Hall–Kier alpha value is -6.44. The molecule has 0 unspecified atom stereocenters. The number of morpholine rings is 1. The van der Waals surface area contributed by atoms with Gasteiger partial charge in [0.15, 0.2) is 17.1 Å². The molecule has 11 rings (SSSR count). The molecule has 17 nitrogen and oxygen atoms in total. The van der Waals surface area contributed by atoms with Crippen molar-refractivity contribution in [2.24, 2.45) is 0 Å². The number of methoxy groups -OCH3 is 1. The van der Waals surface area contributed by atoms with Crippen LogP contribution in [0.15, 0.2) is 65.7 Å². The first kappa shape index (κ1) is 51.1. The lowest BCUT2D eigenvalue weighted by molar-refractivity contribution is -0.172. The van der Waals surface area contributed by atoms with Crippen molar-refractivity contribution in [3.8, 4) is 28.6 Å². The van der Waals surface area contributed by atoms with E-state index < -0.39 is 17.4 Å². The van der Waals surface area contributed by atoms with Gasteiger partial charge in [-0.3, -0.25) is 9.69 Å². The number of halogens is 2. The highest BCUT2D eigenvalue weighted by Gasteiger charge is 2.45. The Bertz CT molecular complexity index is 3140. The number of cyclic esters (lactones) is 1. The van der Waals surface area contributed by atoms with Crippen molar-refractivity contribution in [2.75, 3.05) is 78.1 Å². The summed E-state index contributed by atoms with van der Waals surface area (Å²) in [7, 11) is 1.60. The van der Waals surface area contributed by atoms with Gasteiger partial charge >= 0.3 is 12.1 Å². The molecule has 1 amide bonds. The van der Waals surface area contributed by atoms with E-state index in [1.54, 1.807) is 36.8 Å². The summed E-state index contributed by atoms with van der Waals surface area (Å²) >= 11 is 5.90. The fourth-order valence-corrected chi connectivity index (χ4v) is 11.1. The molecular weight excluding hydrogens is 971 g/mol. The molecule has 0 radical (unpaired) electrons. The fraction of sp³-hybridized carbons (Fsp3) is 0.455. The number of benzene rings is 3. The Kier molecular flexibility index (Phi) is 15.3. The molecule has 5 aliphatic heterocycles. The second-order valence-electron chi connectivity index (χ2n) is 19.4. The van der Waals surface area contributed by atoms with Gasteiger partial charge in [0.1, 0.15) is 30.3 Å². The number of pyridine rings is 2. The highest BCUT2D eigenvalue weighted by molar-refractivity contribution is 6.31. The van der Waals surface area contributed by atoms with Crippen molar-refractivity contribution in [1.29, 1.82) is 0 Å². The minimum atomic E-state index is -1.86. The van der Waals surface area contributed by atoms with E-state index in [0.717, 1.165) is 79.5 Å². The lowest BCUT2D eigenvalue weighted by Crippen LogP contribution is -2.48. The molecule has 3 fully saturated rings. The van der Waals surface area contributed by atoms with Crippen molar-refractivity contribution in [2.45, 2.75) is 90.0 Å². The van der Waals surface area contributed by atoms with E-state index in [-0.39, 0.29) is 29.7 Å². The molecule has 3 aromatic heterocycles. The number of piperidine rings is 2. The number of amides is 1. The van der Waals surface area contributed by atoms with Crippen LogP contribution in [0, 0.1) is 5.82 Å². The van der Waals surface area contributed by atoms with Crippen LogP contribution < -0.4 is 25.1 Å². The minimum absolute atomic E-state index is 0.0364. The number of aryl methyl sites for hydroxylation is 1. The maximum atomic E-state index is 13.6. The zero-order valence-electron chi connectivity index (χ0n) is 42.1. The van der Waals surface area contributed by atoms with Gasteiger partial charge in [-0.15, -0.1) is 0 Å². The fourth-order valence-electron chi connectivity index (χ4n) is 10.9. The van der Waals surface area contributed by atoms with Crippen LogP contribution in [0.1, 0.15) is 81.0 Å². The van der Waals surface area contributed by atoms with E-state index in [2.05, 4.69) is 32.0 Å². The predicted molar refractivity (Wildman–Crippen MR) is 278 cm³/mol. The van der Waals surface area contributed by atoms with Gasteiger partial charge in [-0.1, -0.05) is 31.9 Å². The zero-order chi connectivity index (χ0) is 51.5. The maximum absolute atomic E-state index is 13.6. The Morgan fingerprint density at radius 2 is 1.72 bits per heavy atom. The molecule has 2 N–H and O–H groups in total. The highest BCUT2D eigenvalue weighted by Crippen LogP contribution is 2.41. The average molecular weight is 1030 g/mol. The number of hydrogen-bond acceptors (Lipinski definition) is 15. The second kappa shape index (κ2) is 22.2. The van der Waals surface area contributed by atoms with Crippen LogP contribution in [0.2, 0.25) is 5.02 Å². The van der Waals surface area contributed by atoms with E-state index >= 15 is 0 Å². The first-order valence-electron chi connectivity index (χ1n) is 25.8. The first-order valence-corrected chi connectivity index (χ1v) is 26.1. The average Bonchev–Trinajstić information content (AvgIpc) is 3.81. The Balaban J connectivity index is 0.000000179. The summed E-state index contributed by atoms with van der Waals surface area (Å²) in [6.45, 7) is 12.7. The number of esters is 1. The molecule has 0 spiro atoms. The van der Waals surface area contributed by atoms with Crippen LogP contribution in [-0.4, -0.2) is 130 Å². The van der Waals surface area contributed by atoms with E-state index in [9.17, 15) is 23.9 Å². The monoisotopic (exact) mass is 1030 g/mol. The topological polar surface area (TPSA) is 183 Å². The summed E-state index contributed by atoms with van der Waals surface area (Å²) in [6, 6.07) is 15.9. The number of carbonyl (C=O) groups excluding carboxylic acids is 2. The molecule has 0 aliphatic carbocycles. The number of nitrogens with zero attached hydrogens (tertiary/aromatic N) is 7. The molecule has 74 heavy (non-hydrogen) atoms. The summed E-state index contributed by atoms with van der Waals surface area (Å²) in [5.41, 5.74) is 3.70. The molecule has 390 valence electrons. The molecule has 8 heterocycles. The maximum Gasteiger partial charge on any atom is 0.415 e. The van der Waals surface area contributed by atoms with E-state index in [1.165, 1.54) is 50.8 Å². The van der Waals surface area contributed by atoms with E-state index in [1.807, 2.05) is 29.2 Å². The third-order valence-corrected chi connectivity index (χ3v) is 15.3. The third-order valence-electron chi connectivity index (χ3n) is 15.0. The van der Waals surface area contributed by atoms with Crippen LogP contribution >= 0.6 is 11.6 Å². The summed E-state index contributed by atoms with van der Waals surface area (Å²) in [6.07, 6.45) is 8.61. The third kappa shape index (κ3) is 10.3. The number of likely N-dealkylation sites (tertiary alicyclic amines) is 2. The molecule has 3 aromatic carbocycles. The predicted octanol–water partition coefficient (Wildman–Crippen LogP) is 8.37. The van der Waals surface area contributed by atoms with Gasteiger partial charge in [-0.2, -0.15) is 0 Å². The number of hydrogen-bond donors (Lipinski definition) is 2. The van der Waals surface area contributed by atoms with Crippen molar-refractivity contribution < 1.29 is 42.8 Å². The van der Waals surface area contributed by atoms with Crippen LogP contribution in [0.3, 0.4) is 0 Å². The van der Waals surface area contributed by atoms with Gasteiger partial charge in [0.2, 0.25) is 0 Å². The second-order valence-corrected chi connectivity index (χ2v) is 19.8. The number of carbonyl (C=O) groups is 2. The van der Waals surface area contributed by atoms with Crippen molar-refractivity contribution >= 4 is 57.0 Å². The largest absolute Gasteiger partial charge is 0.493 e. The van der Waals surface area contributed by atoms with Gasteiger partial charge in [0.25, 0.3) is 5.56 Å². The Labute approximate surface area is 433 Å². The minimum Gasteiger partial charge on any atom is -0.493 e. The molecule has 1 atom stereocenters. The first-order chi connectivity index (χ1) is 36.0. The summed E-state index contributed by atoms with van der Waals surface area (Å²) in [4.78, 5) is 59.6. The van der Waals surface area contributed by atoms with E-state index in [4.69, 9.17) is 40.3 Å². The molecule has 5 aliphatic rings. The van der Waals surface area contributed by atoms with Gasteiger partial charge in [-0.05, 0) is 112 Å². The Morgan fingerprint density at radius 1 is 0.919 bits per heavy atom. The van der Waals surface area contributed by atoms with Gasteiger partial charge in [0, 0.05) is 72.4 Å². The SMILES string of the molecule is CCc1c2c(nc3ccc(OC(=O)N4CCC(N5CCCCC5)CC4)cc13)-c1cc3c(c(=O)n1C2)COC(=O)[C@]3(O)CC.COc1cc2ncnc(Nc3ccc(F)c(Cl)c3)c2cc1OCCCN1CCOCC1. The molecular formula is C55H62ClFN8O9. The van der Waals surface area contributed by atoms with Crippen molar-refractivity contribution in [3.05, 3.63) is 104 Å². The number of fused-ring (bicyclic) bond motifs is 6. The Morgan fingerprint density at radius 3 is 2.46 bits per heavy atom. The normalized spacial score (nSPS) is 19.0. The summed E-state index contributed by atoms with van der Waals surface area (Å²) < 4.78 is 43.1. The molecule has 0 bridgehead atoms. The van der Waals surface area contributed by atoms with Crippen LogP contribution in [0.5, 0.6) is 17.2 Å². The lowest BCUT2D eigenvalue weighted by Gasteiger charge is -2.39. The number of ether oxygens (including phenoxy) is 5. The number of nitrogens with one attached hydrogen (secondary N) is 1. The van der Waals surface area contributed by atoms with Crippen LogP contribution in [-0.2, 0) is 39.4 Å². The number of aromatic nitrogens is 4. The molecule has 19 heteroatoms. The van der Waals surface area contributed by atoms with Crippen molar-refractivity contribution in [3.63, 3.8) is 0 Å². The summed E-state index contributed by atoms with van der Waals surface area (Å²) in [5.74, 6) is 1.05. The van der Waals surface area contributed by atoms with Gasteiger partial charge < -0.3 is 48.5 Å².